The molecule has 5 nitrogen and oxygen atoms in total. The van der Waals surface area contributed by atoms with E-state index < -0.39 is 0 Å². The van der Waals surface area contributed by atoms with Crippen LogP contribution >= 0.6 is 11.3 Å². The summed E-state index contributed by atoms with van der Waals surface area (Å²) in [5, 5.41) is 3.54. The molecular formula is C19H22N2O3S. The predicted molar refractivity (Wildman–Crippen MR) is 101 cm³/mol. The lowest BCUT2D eigenvalue weighted by molar-refractivity contribution is -0.111. The fourth-order valence-electron chi connectivity index (χ4n) is 2.87. The van der Waals surface area contributed by atoms with E-state index in [-0.39, 0.29) is 5.91 Å². The molecule has 1 aliphatic carbocycles. The van der Waals surface area contributed by atoms with Gasteiger partial charge in [-0.15, -0.1) is 11.3 Å². The van der Waals surface area contributed by atoms with Gasteiger partial charge in [0.1, 0.15) is 0 Å². The van der Waals surface area contributed by atoms with Crippen molar-refractivity contribution in [2.24, 2.45) is 5.92 Å². The number of rotatable bonds is 5. The molecule has 0 aliphatic heterocycles. The van der Waals surface area contributed by atoms with Gasteiger partial charge in [0.05, 0.1) is 19.9 Å². The highest BCUT2D eigenvalue weighted by Gasteiger charge is 2.20. The summed E-state index contributed by atoms with van der Waals surface area (Å²) in [5.41, 5.74) is 2.00. The highest BCUT2D eigenvalue weighted by atomic mass is 32.1. The Morgan fingerprint density at radius 2 is 2.12 bits per heavy atom. The molecule has 1 amide bonds. The summed E-state index contributed by atoms with van der Waals surface area (Å²) < 4.78 is 10.5. The molecule has 0 radical (unpaired) electrons. The number of carbonyl (C=O) groups excluding carboxylic acids is 1. The number of aromatic nitrogens is 1. The van der Waals surface area contributed by atoms with Crippen LogP contribution in [0.3, 0.4) is 0 Å². The van der Waals surface area contributed by atoms with E-state index in [1.807, 2.05) is 18.2 Å². The number of benzene rings is 1. The third-order valence-corrected chi connectivity index (χ3v) is 5.29. The molecule has 2 aromatic rings. The molecule has 3 rings (SSSR count). The van der Waals surface area contributed by atoms with Gasteiger partial charge in [-0.3, -0.25) is 10.1 Å². The molecular weight excluding hydrogens is 336 g/mol. The van der Waals surface area contributed by atoms with Crippen LogP contribution in [0.15, 0.2) is 24.3 Å². The van der Waals surface area contributed by atoms with Crippen LogP contribution in [0.1, 0.15) is 29.5 Å². The highest BCUT2D eigenvalue weighted by Crippen LogP contribution is 2.32. The molecule has 0 saturated carbocycles. The van der Waals surface area contributed by atoms with Crippen molar-refractivity contribution in [3.05, 3.63) is 40.4 Å². The van der Waals surface area contributed by atoms with Crippen LogP contribution in [-0.4, -0.2) is 25.1 Å². The average molecular weight is 358 g/mol. The molecule has 1 atom stereocenters. The molecule has 1 heterocycles. The number of thiazole rings is 1. The summed E-state index contributed by atoms with van der Waals surface area (Å²) in [6, 6.07) is 5.51. The Bertz CT molecular complexity index is 798. The molecule has 0 saturated heterocycles. The Labute approximate surface area is 151 Å². The Morgan fingerprint density at radius 1 is 1.32 bits per heavy atom. The van der Waals surface area contributed by atoms with Crippen LogP contribution in [0.4, 0.5) is 5.13 Å². The van der Waals surface area contributed by atoms with Crippen molar-refractivity contribution >= 4 is 28.5 Å². The van der Waals surface area contributed by atoms with Gasteiger partial charge < -0.3 is 9.47 Å². The van der Waals surface area contributed by atoms with E-state index in [0.29, 0.717) is 22.5 Å². The van der Waals surface area contributed by atoms with Crippen LogP contribution in [0.2, 0.25) is 0 Å². The molecule has 132 valence electrons. The summed E-state index contributed by atoms with van der Waals surface area (Å²) >= 11 is 1.59. The lowest BCUT2D eigenvalue weighted by atomic mass is 9.93. The number of ether oxygens (including phenoxy) is 2. The molecule has 1 aromatic carbocycles. The SMILES string of the molecule is COc1ccc(/C=C/C(=O)Nc2nc3c(s2)CC(C)CC3)cc1OC. The highest BCUT2D eigenvalue weighted by molar-refractivity contribution is 7.15. The van der Waals surface area contributed by atoms with E-state index in [2.05, 4.69) is 17.2 Å². The van der Waals surface area contributed by atoms with Gasteiger partial charge in [-0.2, -0.15) is 0 Å². The number of nitrogens with zero attached hydrogens (tertiary/aromatic N) is 1. The van der Waals surface area contributed by atoms with Crippen LogP contribution < -0.4 is 14.8 Å². The zero-order valence-corrected chi connectivity index (χ0v) is 15.5. The maximum Gasteiger partial charge on any atom is 0.250 e. The number of aryl methyl sites for hydroxylation is 1. The molecule has 1 aliphatic rings. The second-order valence-corrected chi connectivity index (χ2v) is 7.26. The van der Waals surface area contributed by atoms with Gasteiger partial charge in [-0.25, -0.2) is 4.98 Å². The molecule has 6 heteroatoms. The molecule has 0 fully saturated rings. The molecule has 1 aromatic heterocycles. The summed E-state index contributed by atoms with van der Waals surface area (Å²) in [5.74, 6) is 1.80. The van der Waals surface area contributed by atoms with Crippen molar-refractivity contribution in [1.82, 2.24) is 4.98 Å². The minimum absolute atomic E-state index is 0.186. The van der Waals surface area contributed by atoms with Crippen molar-refractivity contribution in [1.29, 1.82) is 0 Å². The Kier molecular flexibility index (Phi) is 5.38. The molecule has 1 N–H and O–H groups in total. The predicted octanol–water partition coefficient (Wildman–Crippen LogP) is 3.94. The first kappa shape index (κ1) is 17.5. The number of hydrogen-bond acceptors (Lipinski definition) is 5. The van der Waals surface area contributed by atoms with E-state index in [9.17, 15) is 4.79 Å². The first-order valence-electron chi connectivity index (χ1n) is 8.28. The number of anilines is 1. The zero-order valence-electron chi connectivity index (χ0n) is 14.7. The fraction of sp³-hybridized carbons (Fsp3) is 0.368. The van der Waals surface area contributed by atoms with Crippen LogP contribution in [0.5, 0.6) is 11.5 Å². The second kappa shape index (κ2) is 7.70. The summed E-state index contributed by atoms with van der Waals surface area (Å²) in [7, 11) is 3.18. The van der Waals surface area contributed by atoms with E-state index in [4.69, 9.17) is 9.47 Å². The van der Waals surface area contributed by atoms with Gasteiger partial charge in [-0.05, 0) is 49.0 Å². The number of hydrogen-bond donors (Lipinski definition) is 1. The minimum Gasteiger partial charge on any atom is -0.493 e. The summed E-state index contributed by atoms with van der Waals surface area (Å²) in [6.07, 6.45) is 6.48. The number of methoxy groups -OCH3 is 2. The smallest absolute Gasteiger partial charge is 0.250 e. The zero-order chi connectivity index (χ0) is 17.8. The molecule has 25 heavy (non-hydrogen) atoms. The summed E-state index contributed by atoms with van der Waals surface area (Å²) in [6.45, 7) is 2.26. The quantitative estimate of drug-likeness (QED) is 0.823. The third kappa shape index (κ3) is 4.20. The number of fused-ring (bicyclic) bond motifs is 1. The van der Waals surface area contributed by atoms with Crippen LogP contribution in [0, 0.1) is 5.92 Å². The molecule has 0 bridgehead atoms. The Balaban J connectivity index is 1.65. The molecule has 1 unspecified atom stereocenters. The molecule has 0 spiro atoms. The van der Waals surface area contributed by atoms with Crippen molar-refractivity contribution in [2.75, 3.05) is 19.5 Å². The number of amides is 1. The maximum absolute atomic E-state index is 12.2. The Morgan fingerprint density at radius 3 is 2.88 bits per heavy atom. The van der Waals surface area contributed by atoms with Gasteiger partial charge in [0.25, 0.3) is 0 Å². The normalized spacial score (nSPS) is 16.5. The van der Waals surface area contributed by atoms with Crippen LogP contribution in [0.25, 0.3) is 6.08 Å². The van der Waals surface area contributed by atoms with Crippen molar-refractivity contribution < 1.29 is 14.3 Å². The van der Waals surface area contributed by atoms with E-state index in [1.54, 1.807) is 31.6 Å². The van der Waals surface area contributed by atoms with Crippen molar-refractivity contribution in [3.8, 4) is 11.5 Å². The van der Waals surface area contributed by atoms with Gasteiger partial charge in [0, 0.05) is 11.0 Å². The first-order chi connectivity index (χ1) is 12.1. The lowest BCUT2D eigenvalue weighted by Crippen LogP contribution is -2.09. The van der Waals surface area contributed by atoms with Crippen LogP contribution in [-0.2, 0) is 17.6 Å². The van der Waals surface area contributed by atoms with E-state index >= 15 is 0 Å². The third-order valence-electron chi connectivity index (χ3n) is 4.25. The maximum atomic E-state index is 12.2. The van der Waals surface area contributed by atoms with Gasteiger partial charge >= 0.3 is 0 Å². The standard InChI is InChI=1S/C19H22N2O3S/c1-12-4-7-14-17(10-12)25-19(20-14)21-18(22)9-6-13-5-8-15(23-2)16(11-13)24-3/h5-6,8-9,11-12H,4,7,10H2,1-3H3,(H,20,21,22)/b9-6+. The fourth-order valence-corrected chi connectivity index (χ4v) is 4.04. The first-order valence-corrected chi connectivity index (χ1v) is 9.10. The lowest BCUT2D eigenvalue weighted by Gasteiger charge is -2.15. The topological polar surface area (TPSA) is 60.5 Å². The summed E-state index contributed by atoms with van der Waals surface area (Å²) in [4.78, 5) is 18.0. The van der Waals surface area contributed by atoms with Gasteiger partial charge in [0.2, 0.25) is 5.91 Å². The number of nitrogens with one attached hydrogen (secondary N) is 1. The van der Waals surface area contributed by atoms with Crippen molar-refractivity contribution in [3.63, 3.8) is 0 Å². The van der Waals surface area contributed by atoms with E-state index in [1.165, 1.54) is 17.4 Å². The van der Waals surface area contributed by atoms with E-state index in [0.717, 1.165) is 24.1 Å². The Hall–Kier alpha value is -2.34. The minimum atomic E-state index is -0.186. The monoisotopic (exact) mass is 358 g/mol. The van der Waals surface area contributed by atoms with Gasteiger partial charge in [0.15, 0.2) is 16.6 Å². The van der Waals surface area contributed by atoms with Gasteiger partial charge in [-0.1, -0.05) is 13.0 Å². The number of carbonyl (C=O) groups is 1. The van der Waals surface area contributed by atoms with Crippen molar-refractivity contribution in [2.45, 2.75) is 26.2 Å². The second-order valence-electron chi connectivity index (χ2n) is 6.17. The average Bonchev–Trinajstić information content (AvgIpc) is 3.00. The largest absolute Gasteiger partial charge is 0.493 e.